The Bertz CT molecular complexity index is 754. The SMILES string of the molecule is Cc1cc(C(=O)NCC(C)C)ccc1NC(=O)c1ccccc1N. The van der Waals surface area contributed by atoms with E-state index < -0.39 is 0 Å². The molecule has 0 spiro atoms. The van der Waals surface area contributed by atoms with E-state index in [0.29, 0.717) is 35.0 Å². The van der Waals surface area contributed by atoms with Crippen LogP contribution in [-0.2, 0) is 0 Å². The number of hydrogen-bond donors (Lipinski definition) is 3. The minimum absolute atomic E-state index is 0.114. The first kappa shape index (κ1) is 17.5. The van der Waals surface area contributed by atoms with E-state index in [1.165, 1.54) is 0 Å². The summed E-state index contributed by atoms with van der Waals surface area (Å²) in [5.74, 6) is 0.00938. The Hall–Kier alpha value is -2.82. The summed E-state index contributed by atoms with van der Waals surface area (Å²) in [7, 11) is 0. The highest BCUT2D eigenvalue weighted by atomic mass is 16.2. The second-order valence-corrected chi connectivity index (χ2v) is 6.17. The van der Waals surface area contributed by atoms with Crippen LogP contribution in [0.1, 0.15) is 40.1 Å². The van der Waals surface area contributed by atoms with Crippen molar-refractivity contribution in [3.8, 4) is 0 Å². The molecule has 0 aromatic heterocycles. The number of rotatable bonds is 5. The largest absolute Gasteiger partial charge is 0.398 e. The van der Waals surface area contributed by atoms with Crippen molar-refractivity contribution in [2.24, 2.45) is 5.92 Å². The molecular formula is C19H23N3O2. The predicted molar refractivity (Wildman–Crippen MR) is 97.2 cm³/mol. The van der Waals surface area contributed by atoms with Crippen LogP contribution < -0.4 is 16.4 Å². The van der Waals surface area contributed by atoms with Gasteiger partial charge in [0.15, 0.2) is 0 Å². The summed E-state index contributed by atoms with van der Waals surface area (Å²) in [4.78, 5) is 24.4. The predicted octanol–water partition coefficient (Wildman–Crippen LogP) is 3.22. The standard InChI is InChI=1S/C19H23N3O2/c1-12(2)11-21-18(23)14-8-9-17(13(3)10-14)22-19(24)15-6-4-5-7-16(15)20/h4-10,12H,11,20H2,1-3H3,(H,21,23)(H,22,24). The van der Waals surface area contributed by atoms with Gasteiger partial charge in [-0.15, -0.1) is 0 Å². The smallest absolute Gasteiger partial charge is 0.257 e. The zero-order valence-electron chi connectivity index (χ0n) is 14.2. The second-order valence-electron chi connectivity index (χ2n) is 6.17. The summed E-state index contributed by atoms with van der Waals surface area (Å²) in [6.45, 7) is 6.56. The number of amides is 2. The van der Waals surface area contributed by atoms with Gasteiger partial charge in [-0.25, -0.2) is 0 Å². The molecule has 0 aliphatic heterocycles. The third-order valence-corrected chi connectivity index (χ3v) is 3.61. The third kappa shape index (κ3) is 4.35. The fourth-order valence-corrected chi connectivity index (χ4v) is 2.24. The Balaban J connectivity index is 2.11. The molecule has 2 aromatic carbocycles. The van der Waals surface area contributed by atoms with Crippen molar-refractivity contribution in [2.45, 2.75) is 20.8 Å². The molecule has 0 saturated heterocycles. The molecule has 0 bridgehead atoms. The number of anilines is 2. The number of nitrogens with one attached hydrogen (secondary N) is 2. The number of nitrogens with two attached hydrogens (primary N) is 1. The fourth-order valence-electron chi connectivity index (χ4n) is 2.24. The highest BCUT2D eigenvalue weighted by Gasteiger charge is 2.12. The molecule has 4 N–H and O–H groups in total. The van der Waals surface area contributed by atoms with Gasteiger partial charge in [-0.3, -0.25) is 9.59 Å². The van der Waals surface area contributed by atoms with Gasteiger partial charge < -0.3 is 16.4 Å². The van der Waals surface area contributed by atoms with Crippen molar-refractivity contribution < 1.29 is 9.59 Å². The molecule has 0 heterocycles. The van der Waals surface area contributed by atoms with E-state index in [4.69, 9.17) is 5.73 Å². The number of benzene rings is 2. The van der Waals surface area contributed by atoms with Crippen LogP contribution in [0, 0.1) is 12.8 Å². The average molecular weight is 325 g/mol. The fraction of sp³-hybridized carbons (Fsp3) is 0.263. The van der Waals surface area contributed by atoms with Crippen LogP contribution in [-0.4, -0.2) is 18.4 Å². The van der Waals surface area contributed by atoms with Crippen molar-refractivity contribution in [3.05, 3.63) is 59.2 Å². The van der Waals surface area contributed by atoms with Crippen LogP contribution in [0.5, 0.6) is 0 Å². The van der Waals surface area contributed by atoms with Gasteiger partial charge in [0.2, 0.25) is 0 Å². The molecule has 0 fully saturated rings. The lowest BCUT2D eigenvalue weighted by Crippen LogP contribution is -2.27. The quantitative estimate of drug-likeness (QED) is 0.738. The number of hydrogen-bond acceptors (Lipinski definition) is 3. The lowest BCUT2D eigenvalue weighted by Gasteiger charge is -2.12. The molecule has 5 nitrogen and oxygen atoms in total. The van der Waals surface area contributed by atoms with Crippen molar-refractivity contribution in [2.75, 3.05) is 17.6 Å². The first-order valence-electron chi connectivity index (χ1n) is 7.93. The first-order chi connectivity index (χ1) is 11.4. The van der Waals surface area contributed by atoms with E-state index in [1.807, 2.05) is 20.8 Å². The van der Waals surface area contributed by atoms with E-state index in [1.54, 1.807) is 42.5 Å². The maximum Gasteiger partial charge on any atom is 0.257 e. The van der Waals surface area contributed by atoms with E-state index >= 15 is 0 Å². The molecule has 0 unspecified atom stereocenters. The van der Waals surface area contributed by atoms with Crippen LogP contribution in [0.15, 0.2) is 42.5 Å². The Morgan fingerprint density at radius 1 is 1.08 bits per heavy atom. The molecule has 0 aliphatic rings. The molecule has 0 aliphatic carbocycles. The highest BCUT2D eigenvalue weighted by Crippen LogP contribution is 2.19. The highest BCUT2D eigenvalue weighted by molar-refractivity contribution is 6.08. The molecule has 5 heteroatoms. The summed E-state index contributed by atoms with van der Waals surface area (Å²) in [5, 5.41) is 5.71. The van der Waals surface area contributed by atoms with E-state index in [2.05, 4.69) is 10.6 Å². The lowest BCUT2D eigenvalue weighted by molar-refractivity contribution is 0.0948. The molecule has 126 valence electrons. The van der Waals surface area contributed by atoms with Crippen LogP contribution in [0.4, 0.5) is 11.4 Å². The molecule has 0 atom stereocenters. The number of carbonyl (C=O) groups excluding carboxylic acids is 2. The zero-order valence-corrected chi connectivity index (χ0v) is 14.2. The Morgan fingerprint density at radius 3 is 2.42 bits per heavy atom. The Labute approximate surface area is 142 Å². The van der Waals surface area contributed by atoms with Crippen LogP contribution in [0.3, 0.4) is 0 Å². The van der Waals surface area contributed by atoms with Gasteiger partial charge in [0.05, 0.1) is 5.56 Å². The molecule has 24 heavy (non-hydrogen) atoms. The van der Waals surface area contributed by atoms with Gasteiger partial charge in [-0.2, -0.15) is 0 Å². The van der Waals surface area contributed by atoms with Gasteiger partial charge in [0.1, 0.15) is 0 Å². The first-order valence-corrected chi connectivity index (χ1v) is 7.93. The molecule has 2 rings (SSSR count). The summed E-state index contributed by atoms with van der Waals surface area (Å²) in [6.07, 6.45) is 0. The number of para-hydroxylation sites is 1. The summed E-state index contributed by atoms with van der Waals surface area (Å²) in [6, 6.07) is 12.1. The van der Waals surface area contributed by atoms with Crippen LogP contribution >= 0.6 is 0 Å². The normalized spacial score (nSPS) is 10.5. The zero-order chi connectivity index (χ0) is 17.7. The van der Waals surface area contributed by atoms with E-state index in [9.17, 15) is 9.59 Å². The Morgan fingerprint density at radius 2 is 1.79 bits per heavy atom. The summed E-state index contributed by atoms with van der Waals surface area (Å²) < 4.78 is 0. The number of carbonyl (C=O) groups is 2. The molecular weight excluding hydrogens is 302 g/mol. The van der Waals surface area contributed by atoms with Crippen molar-refractivity contribution in [3.63, 3.8) is 0 Å². The second kappa shape index (κ2) is 7.64. The maximum absolute atomic E-state index is 12.3. The maximum atomic E-state index is 12.3. The lowest BCUT2D eigenvalue weighted by atomic mass is 10.1. The monoisotopic (exact) mass is 325 g/mol. The van der Waals surface area contributed by atoms with Crippen LogP contribution in [0.2, 0.25) is 0 Å². The van der Waals surface area contributed by atoms with Crippen molar-refractivity contribution in [1.29, 1.82) is 0 Å². The van der Waals surface area contributed by atoms with Crippen LogP contribution in [0.25, 0.3) is 0 Å². The summed E-state index contributed by atoms with van der Waals surface area (Å²) in [5.41, 5.74) is 8.72. The van der Waals surface area contributed by atoms with Crippen molar-refractivity contribution in [1.82, 2.24) is 5.32 Å². The van der Waals surface area contributed by atoms with Crippen molar-refractivity contribution >= 4 is 23.2 Å². The Kier molecular flexibility index (Phi) is 5.58. The van der Waals surface area contributed by atoms with Gasteiger partial charge in [-0.05, 0) is 48.7 Å². The summed E-state index contributed by atoms with van der Waals surface area (Å²) >= 11 is 0. The van der Waals surface area contributed by atoms with E-state index in [-0.39, 0.29) is 11.8 Å². The number of aryl methyl sites for hydroxylation is 1. The number of nitrogen functional groups attached to an aromatic ring is 1. The minimum atomic E-state index is -0.270. The van der Waals surface area contributed by atoms with Gasteiger partial charge in [-0.1, -0.05) is 26.0 Å². The molecule has 2 aromatic rings. The molecule has 0 radical (unpaired) electrons. The molecule has 2 amide bonds. The third-order valence-electron chi connectivity index (χ3n) is 3.61. The topological polar surface area (TPSA) is 84.2 Å². The average Bonchev–Trinajstić information content (AvgIpc) is 2.54. The van der Waals surface area contributed by atoms with Gasteiger partial charge >= 0.3 is 0 Å². The van der Waals surface area contributed by atoms with Gasteiger partial charge in [0, 0.05) is 23.5 Å². The minimum Gasteiger partial charge on any atom is -0.398 e. The molecule has 0 saturated carbocycles. The van der Waals surface area contributed by atoms with Gasteiger partial charge in [0.25, 0.3) is 11.8 Å². The van der Waals surface area contributed by atoms with E-state index in [0.717, 1.165) is 5.56 Å².